The fourth-order valence-corrected chi connectivity index (χ4v) is 6.43. The van der Waals surface area contributed by atoms with Crippen LogP contribution in [0.2, 0.25) is 5.02 Å². The molecule has 1 aromatic heterocycles. The van der Waals surface area contributed by atoms with Gasteiger partial charge in [-0.05, 0) is 65.2 Å². The number of allylic oxidation sites excluding steroid dienone is 1. The Morgan fingerprint density at radius 1 is 1.15 bits per heavy atom. The number of fused-ring (bicyclic) bond motifs is 1. The number of rotatable bonds is 8. The molecule has 41 heavy (non-hydrogen) atoms. The van der Waals surface area contributed by atoms with E-state index in [-0.39, 0.29) is 18.8 Å². The number of halogens is 2. The van der Waals surface area contributed by atoms with E-state index in [2.05, 4.69) is 20.9 Å². The van der Waals surface area contributed by atoms with Crippen molar-refractivity contribution < 1.29 is 19.0 Å². The first-order valence-electron chi connectivity index (χ1n) is 12.8. The summed E-state index contributed by atoms with van der Waals surface area (Å²) in [5.74, 6) is 0.524. The minimum atomic E-state index is -0.657. The normalized spacial score (nSPS) is 14.9. The molecule has 0 radical (unpaired) electrons. The van der Waals surface area contributed by atoms with Crippen molar-refractivity contribution in [1.82, 2.24) is 4.57 Å². The molecule has 1 aliphatic heterocycles. The molecule has 0 saturated heterocycles. The molecule has 0 bridgehead atoms. The standard InChI is InChI=1S/C31H26BrClN2O5S/c1-4-39-30(37)26-18(2)34-31-35(27(26)20-10-6-5-7-11-20)29(36)25(41-31)16-19-14-22(32)28(24(15-19)38-3)40-17-21-12-8-9-13-23(21)33/h5-16,27H,4,17H2,1-3H3/b25-16-/t27-/m0/s1. The molecule has 0 unspecified atom stereocenters. The van der Waals surface area contributed by atoms with Crippen molar-refractivity contribution in [3.05, 3.63) is 124 Å². The second-order valence-electron chi connectivity index (χ2n) is 9.13. The predicted molar refractivity (Wildman–Crippen MR) is 163 cm³/mol. The maximum absolute atomic E-state index is 13.9. The smallest absolute Gasteiger partial charge is 0.338 e. The molecule has 0 fully saturated rings. The highest BCUT2D eigenvalue weighted by molar-refractivity contribution is 9.10. The summed E-state index contributed by atoms with van der Waals surface area (Å²) in [6.45, 7) is 3.99. The van der Waals surface area contributed by atoms with E-state index in [1.807, 2.05) is 60.7 Å². The monoisotopic (exact) mass is 652 g/mol. The molecule has 1 atom stereocenters. The molecule has 0 N–H and O–H groups in total. The highest BCUT2D eigenvalue weighted by Crippen LogP contribution is 2.38. The van der Waals surface area contributed by atoms with Crippen molar-refractivity contribution in [3.63, 3.8) is 0 Å². The Kier molecular flexibility index (Phi) is 8.77. The quantitative estimate of drug-likeness (QED) is 0.225. The molecule has 0 saturated carbocycles. The zero-order chi connectivity index (χ0) is 29.1. The van der Waals surface area contributed by atoms with Crippen molar-refractivity contribution in [1.29, 1.82) is 0 Å². The second kappa shape index (κ2) is 12.5. The number of hydrogen-bond acceptors (Lipinski definition) is 7. The maximum atomic E-state index is 13.9. The molecule has 10 heteroatoms. The number of esters is 1. The minimum absolute atomic E-state index is 0.219. The van der Waals surface area contributed by atoms with Crippen molar-refractivity contribution >= 4 is 50.9 Å². The van der Waals surface area contributed by atoms with Gasteiger partial charge in [-0.15, -0.1) is 0 Å². The Bertz CT molecular complexity index is 1830. The van der Waals surface area contributed by atoms with Gasteiger partial charge in [-0.25, -0.2) is 9.79 Å². The number of aromatic nitrogens is 1. The van der Waals surface area contributed by atoms with Gasteiger partial charge in [-0.2, -0.15) is 0 Å². The molecular weight excluding hydrogens is 628 g/mol. The fraction of sp³-hybridized carbons (Fsp3) is 0.194. The van der Waals surface area contributed by atoms with E-state index < -0.39 is 12.0 Å². The van der Waals surface area contributed by atoms with Gasteiger partial charge in [-0.1, -0.05) is 71.5 Å². The molecule has 2 heterocycles. The van der Waals surface area contributed by atoms with Crippen LogP contribution in [0.25, 0.3) is 6.08 Å². The Morgan fingerprint density at radius 2 is 1.88 bits per heavy atom. The minimum Gasteiger partial charge on any atom is -0.493 e. The molecule has 1 aliphatic rings. The average molecular weight is 654 g/mol. The summed E-state index contributed by atoms with van der Waals surface area (Å²) >= 11 is 11.1. The third-order valence-corrected chi connectivity index (χ3v) is 8.45. The summed E-state index contributed by atoms with van der Waals surface area (Å²) in [6.07, 6.45) is 1.78. The first-order chi connectivity index (χ1) is 19.8. The predicted octanol–water partition coefficient (Wildman–Crippen LogP) is 5.80. The Balaban J connectivity index is 1.57. The lowest BCUT2D eigenvalue weighted by Crippen LogP contribution is -2.39. The van der Waals surface area contributed by atoms with Gasteiger partial charge in [0, 0.05) is 10.6 Å². The van der Waals surface area contributed by atoms with Crippen LogP contribution >= 0.6 is 38.9 Å². The van der Waals surface area contributed by atoms with Crippen LogP contribution in [0.1, 0.15) is 36.6 Å². The summed E-state index contributed by atoms with van der Waals surface area (Å²) in [5.41, 5.74) is 2.98. The molecule has 3 aromatic carbocycles. The van der Waals surface area contributed by atoms with E-state index in [0.717, 1.165) is 16.7 Å². The van der Waals surface area contributed by atoms with E-state index in [0.29, 0.717) is 41.6 Å². The summed E-state index contributed by atoms with van der Waals surface area (Å²) in [4.78, 5) is 32.0. The zero-order valence-corrected chi connectivity index (χ0v) is 25.7. The van der Waals surface area contributed by atoms with Gasteiger partial charge >= 0.3 is 5.97 Å². The third-order valence-electron chi connectivity index (χ3n) is 6.51. The number of methoxy groups -OCH3 is 1. The van der Waals surface area contributed by atoms with Crippen LogP contribution in [0.4, 0.5) is 0 Å². The van der Waals surface area contributed by atoms with Crippen LogP contribution in [0.5, 0.6) is 11.5 Å². The van der Waals surface area contributed by atoms with E-state index >= 15 is 0 Å². The molecule has 210 valence electrons. The molecule has 0 spiro atoms. The van der Waals surface area contributed by atoms with E-state index in [4.69, 9.17) is 25.8 Å². The molecule has 7 nitrogen and oxygen atoms in total. The maximum Gasteiger partial charge on any atom is 0.338 e. The highest BCUT2D eigenvalue weighted by atomic mass is 79.9. The molecule has 4 aromatic rings. The Labute approximate surface area is 254 Å². The Hall–Kier alpha value is -3.66. The van der Waals surface area contributed by atoms with Crippen molar-refractivity contribution in [2.45, 2.75) is 26.5 Å². The highest BCUT2D eigenvalue weighted by Gasteiger charge is 2.33. The van der Waals surface area contributed by atoms with Crippen LogP contribution in [-0.2, 0) is 16.1 Å². The summed E-state index contributed by atoms with van der Waals surface area (Å²) in [5, 5.41) is 0.616. The number of carbonyl (C=O) groups excluding carboxylic acids is 1. The van der Waals surface area contributed by atoms with E-state index in [9.17, 15) is 9.59 Å². The van der Waals surface area contributed by atoms with E-state index in [1.165, 1.54) is 11.3 Å². The van der Waals surface area contributed by atoms with Gasteiger partial charge < -0.3 is 14.2 Å². The van der Waals surface area contributed by atoms with Crippen molar-refractivity contribution in [2.75, 3.05) is 13.7 Å². The van der Waals surface area contributed by atoms with Crippen LogP contribution in [0, 0.1) is 0 Å². The number of thiazole rings is 1. The largest absolute Gasteiger partial charge is 0.493 e. The first-order valence-corrected chi connectivity index (χ1v) is 14.8. The van der Waals surface area contributed by atoms with Gasteiger partial charge in [0.15, 0.2) is 16.3 Å². The second-order valence-corrected chi connectivity index (χ2v) is 11.4. The molecule has 5 rings (SSSR count). The zero-order valence-electron chi connectivity index (χ0n) is 22.5. The number of nitrogens with zero attached hydrogens (tertiary/aromatic N) is 2. The van der Waals surface area contributed by atoms with Crippen molar-refractivity contribution in [3.8, 4) is 11.5 Å². The van der Waals surface area contributed by atoms with Crippen LogP contribution in [-0.4, -0.2) is 24.3 Å². The Morgan fingerprint density at radius 3 is 2.59 bits per heavy atom. The van der Waals surface area contributed by atoms with E-state index in [1.54, 1.807) is 37.7 Å². The number of hydrogen-bond donors (Lipinski definition) is 0. The lowest BCUT2D eigenvalue weighted by atomic mass is 9.96. The number of carbonyl (C=O) groups is 1. The van der Waals surface area contributed by atoms with Gasteiger partial charge in [0.25, 0.3) is 5.56 Å². The molecule has 0 amide bonds. The fourth-order valence-electron chi connectivity index (χ4n) is 4.62. The summed E-state index contributed by atoms with van der Waals surface area (Å²) < 4.78 is 19.7. The number of benzene rings is 3. The molecule has 0 aliphatic carbocycles. The summed E-state index contributed by atoms with van der Waals surface area (Å²) in [7, 11) is 1.56. The molecular formula is C31H26BrClN2O5S. The topological polar surface area (TPSA) is 79.1 Å². The van der Waals surface area contributed by atoms with Crippen LogP contribution in [0.15, 0.2) is 92.3 Å². The third kappa shape index (κ3) is 5.88. The van der Waals surface area contributed by atoms with Crippen LogP contribution < -0.4 is 24.4 Å². The first kappa shape index (κ1) is 28.9. The average Bonchev–Trinajstić information content (AvgIpc) is 3.26. The van der Waals surface area contributed by atoms with Gasteiger partial charge in [0.1, 0.15) is 6.61 Å². The SMILES string of the molecule is CCOC(=O)C1=C(C)N=c2s/c(=C\c3cc(Br)c(OCc4ccccc4Cl)c(OC)c3)c(=O)n2[C@H]1c1ccccc1. The van der Waals surface area contributed by atoms with Gasteiger partial charge in [-0.3, -0.25) is 9.36 Å². The van der Waals surface area contributed by atoms with Crippen molar-refractivity contribution in [2.24, 2.45) is 4.99 Å². The lowest BCUT2D eigenvalue weighted by Gasteiger charge is -2.24. The number of ether oxygens (including phenoxy) is 3. The summed E-state index contributed by atoms with van der Waals surface area (Å²) in [6, 6.07) is 19.9. The van der Waals surface area contributed by atoms with Gasteiger partial charge in [0.2, 0.25) is 0 Å². The van der Waals surface area contributed by atoms with Gasteiger partial charge in [0.05, 0.1) is 40.0 Å². The lowest BCUT2D eigenvalue weighted by molar-refractivity contribution is -0.139. The van der Waals surface area contributed by atoms with Crippen LogP contribution in [0.3, 0.4) is 0 Å².